The first-order valence-corrected chi connectivity index (χ1v) is 31.3. The normalized spacial score (nSPS) is 13.9. The number of phosphoric ester groups is 1. The lowest BCUT2D eigenvalue weighted by molar-refractivity contribution is -0.161. The van der Waals surface area contributed by atoms with Crippen molar-refractivity contribution >= 4 is 25.7 Å². The van der Waals surface area contributed by atoms with Crippen LogP contribution in [-0.2, 0) is 42.2 Å². The van der Waals surface area contributed by atoms with E-state index in [0.29, 0.717) is 19.3 Å². The van der Waals surface area contributed by atoms with Crippen LogP contribution >= 0.6 is 7.82 Å². The van der Waals surface area contributed by atoms with Gasteiger partial charge in [0, 0.05) is 19.3 Å². The topological polar surface area (TPSA) is 155 Å². The fourth-order valence-corrected chi connectivity index (χ4v) is 8.81. The minimum Gasteiger partial charge on any atom is -0.462 e. The highest BCUT2D eigenvalue weighted by Crippen LogP contribution is 2.43. The van der Waals surface area contributed by atoms with Crippen LogP contribution in [0.2, 0.25) is 0 Å². The van der Waals surface area contributed by atoms with Gasteiger partial charge in [-0.3, -0.25) is 23.4 Å². The molecule has 0 aromatic rings. The second-order valence-corrected chi connectivity index (χ2v) is 21.2. The molecule has 0 rings (SSSR count). The van der Waals surface area contributed by atoms with Crippen molar-refractivity contribution in [2.45, 2.75) is 277 Å². The number of aliphatic hydroxyl groups is 1. The minimum atomic E-state index is -4.76. The molecule has 0 aromatic heterocycles. The van der Waals surface area contributed by atoms with E-state index in [9.17, 15) is 28.9 Å². The second-order valence-electron chi connectivity index (χ2n) is 19.8. The van der Waals surface area contributed by atoms with Crippen LogP contribution < -0.4 is 0 Å². The SMILES string of the molecule is CC/C=C\C/C=C\C/C=C\C/C=C\CCCCCCCCC(=O)OC(COC(=O)CCCCCCC/C=C\CCCC)COP(=O)(O)OCC(CO)OC(=O)CCCCCCCCC/C=C\CCCCCCCC. The molecule has 0 spiro atoms. The maximum Gasteiger partial charge on any atom is 0.472 e. The fraction of sp³-hybridized carbons (Fsp3) is 0.758. The maximum absolute atomic E-state index is 12.9. The average molecular weight is 1060 g/mol. The van der Waals surface area contributed by atoms with Crippen LogP contribution in [0.1, 0.15) is 265 Å². The Labute approximate surface area is 452 Å². The predicted molar refractivity (Wildman–Crippen MR) is 307 cm³/mol. The monoisotopic (exact) mass is 1060 g/mol. The van der Waals surface area contributed by atoms with E-state index in [4.69, 9.17) is 23.3 Å². The Kier molecular flexibility index (Phi) is 53.8. The molecule has 0 amide bonds. The molecule has 0 aliphatic rings. The van der Waals surface area contributed by atoms with Gasteiger partial charge in [-0.15, -0.1) is 0 Å². The van der Waals surface area contributed by atoms with Crippen LogP contribution in [0, 0.1) is 0 Å². The number of phosphoric acid groups is 1. The van der Waals surface area contributed by atoms with Crippen molar-refractivity contribution < 1.29 is 52.2 Å². The highest BCUT2D eigenvalue weighted by molar-refractivity contribution is 7.47. The molecule has 0 bridgehead atoms. The molecule has 0 radical (unpaired) electrons. The molecule has 0 fully saturated rings. The van der Waals surface area contributed by atoms with Crippen LogP contribution in [-0.4, -0.2) is 66.5 Å². The molecule has 0 heterocycles. The van der Waals surface area contributed by atoms with Gasteiger partial charge in [-0.05, 0) is 103 Å². The number of allylic oxidation sites excluding steroid dienone is 12. The van der Waals surface area contributed by atoms with Gasteiger partial charge in [0.15, 0.2) is 6.10 Å². The first-order chi connectivity index (χ1) is 36.2. The number of rotatable bonds is 55. The number of carbonyl (C=O) groups is 3. The quantitative estimate of drug-likeness (QED) is 0.0197. The molecule has 0 aliphatic heterocycles. The van der Waals surface area contributed by atoms with Gasteiger partial charge >= 0.3 is 25.7 Å². The molecule has 74 heavy (non-hydrogen) atoms. The Bertz CT molecular complexity index is 1520. The van der Waals surface area contributed by atoms with Gasteiger partial charge in [0.2, 0.25) is 0 Å². The van der Waals surface area contributed by atoms with Crippen molar-refractivity contribution in [2.24, 2.45) is 0 Å². The zero-order valence-corrected chi connectivity index (χ0v) is 48.2. The van der Waals surface area contributed by atoms with Crippen molar-refractivity contribution in [1.82, 2.24) is 0 Å². The van der Waals surface area contributed by atoms with Crippen molar-refractivity contribution in [3.63, 3.8) is 0 Å². The van der Waals surface area contributed by atoms with Crippen LogP contribution in [0.15, 0.2) is 72.9 Å². The lowest BCUT2D eigenvalue weighted by Gasteiger charge is -2.21. The van der Waals surface area contributed by atoms with E-state index in [1.54, 1.807) is 0 Å². The lowest BCUT2D eigenvalue weighted by Crippen LogP contribution is -2.30. The van der Waals surface area contributed by atoms with E-state index in [-0.39, 0.29) is 25.9 Å². The molecule has 0 saturated heterocycles. The minimum absolute atomic E-state index is 0.148. The third-order valence-electron chi connectivity index (χ3n) is 12.6. The Hall–Kier alpha value is -3.08. The molecule has 3 unspecified atom stereocenters. The number of esters is 3. The predicted octanol–water partition coefficient (Wildman–Crippen LogP) is 17.7. The van der Waals surface area contributed by atoms with Crippen LogP contribution in [0.3, 0.4) is 0 Å². The Balaban J connectivity index is 4.68. The fourth-order valence-electron chi connectivity index (χ4n) is 8.03. The zero-order chi connectivity index (χ0) is 54.1. The third kappa shape index (κ3) is 53.7. The highest BCUT2D eigenvalue weighted by Gasteiger charge is 2.28. The summed E-state index contributed by atoms with van der Waals surface area (Å²) in [5.74, 6) is -1.49. The number of hydrogen-bond donors (Lipinski definition) is 2. The van der Waals surface area contributed by atoms with Crippen molar-refractivity contribution in [1.29, 1.82) is 0 Å². The maximum atomic E-state index is 12.9. The van der Waals surface area contributed by atoms with E-state index < -0.39 is 57.8 Å². The molecule has 0 aromatic carbocycles. The summed E-state index contributed by atoms with van der Waals surface area (Å²) in [7, 11) is -4.76. The van der Waals surface area contributed by atoms with Gasteiger partial charge in [0.25, 0.3) is 0 Å². The van der Waals surface area contributed by atoms with Gasteiger partial charge in [-0.1, -0.05) is 216 Å². The molecular formula is C62H109O11P. The van der Waals surface area contributed by atoms with Crippen LogP contribution in [0.25, 0.3) is 0 Å². The van der Waals surface area contributed by atoms with Gasteiger partial charge in [-0.2, -0.15) is 0 Å². The smallest absolute Gasteiger partial charge is 0.462 e. The summed E-state index contributed by atoms with van der Waals surface area (Å²) in [5.41, 5.74) is 0. The molecule has 0 saturated carbocycles. The molecule has 11 nitrogen and oxygen atoms in total. The average Bonchev–Trinajstić information content (AvgIpc) is 3.39. The molecule has 428 valence electrons. The molecule has 3 atom stereocenters. The van der Waals surface area contributed by atoms with E-state index in [0.717, 1.165) is 128 Å². The second kappa shape index (κ2) is 56.1. The van der Waals surface area contributed by atoms with E-state index >= 15 is 0 Å². The number of carbonyl (C=O) groups excluding carboxylic acids is 3. The van der Waals surface area contributed by atoms with Crippen LogP contribution in [0.5, 0.6) is 0 Å². The summed E-state index contributed by atoms with van der Waals surface area (Å²) in [5, 5.41) is 9.83. The van der Waals surface area contributed by atoms with Crippen molar-refractivity contribution in [3.05, 3.63) is 72.9 Å². The molecular weight excluding hydrogens is 952 g/mol. The summed E-state index contributed by atoms with van der Waals surface area (Å²) in [6, 6.07) is 0. The van der Waals surface area contributed by atoms with Crippen molar-refractivity contribution in [3.8, 4) is 0 Å². The Morgan fingerprint density at radius 2 is 0.716 bits per heavy atom. The first-order valence-electron chi connectivity index (χ1n) is 29.8. The lowest BCUT2D eigenvalue weighted by atomic mass is 10.1. The number of ether oxygens (including phenoxy) is 3. The van der Waals surface area contributed by atoms with Gasteiger partial charge < -0.3 is 24.2 Å². The zero-order valence-electron chi connectivity index (χ0n) is 47.3. The summed E-state index contributed by atoms with van der Waals surface area (Å²) in [6.07, 6.45) is 62.9. The van der Waals surface area contributed by atoms with Crippen molar-refractivity contribution in [2.75, 3.05) is 26.4 Å². The molecule has 0 aliphatic carbocycles. The van der Waals surface area contributed by atoms with Gasteiger partial charge in [0.1, 0.15) is 12.7 Å². The van der Waals surface area contributed by atoms with Gasteiger partial charge in [0.05, 0.1) is 19.8 Å². The van der Waals surface area contributed by atoms with E-state index in [1.807, 2.05) is 0 Å². The largest absolute Gasteiger partial charge is 0.472 e. The highest BCUT2D eigenvalue weighted by atomic mass is 31.2. The molecule has 12 heteroatoms. The number of unbranched alkanes of at least 4 members (excludes halogenated alkanes) is 26. The Morgan fingerprint density at radius 1 is 0.392 bits per heavy atom. The summed E-state index contributed by atoms with van der Waals surface area (Å²) >= 11 is 0. The van der Waals surface area contributed by atoms with E-state index in [1.165, 1.54) is 77.0 Å². The van der Waals surface area contributed by atoms with Gasteiger partial charge in [-0.25, -0.2) is 4.57 Å². The first kappa shape index (κ1) is 70.9. The molecule has 2 N–H and O–H groups in total. The number of hydrogen-bond acceptors (Lipinski definition) is 10. The standard InChI is InChI=1S/C62H109O11P/c1-4-7-10-13-16-19-22-24-26-28-29-31-33-35-38-41-44-47-50-53-62(66)73-59(55-69-60(64)51-48-45-42-39-36-21-18-15-12-9-6-3)57-71-74(67,68)70-56-58(54-63)72-61(65)52-49-46-43-40-37-34-32-30-27-25-23-20-17-14-11-8-5-2/h7,10,15-16,18-19,24-27,29,31,58-59,63H,4-6,8-9,11-14,17,20-23,28,30,32-57H2,1-3H3,(H,67,68)/b10-7-,18-15-,19-16-,26-24-,27-25-,31-29-. The number of aliphatic hydroxyl groups excluding tert-OH is 1. The summed E-state index contributed by atoms with van der Waals surface area (Å²) < 4.78 is 39.5. The third-order valence-corrected chi connectivity index (χ3v) is 13.5. The summed E-state index contributed by atoms with van der Waals surface area (Å²) in [4.78, 5) is 48.5. The summed E-state index contributed by atoms with van der Waals surface area (Å²) in [6.45, 7) is 4.48. The van der Waals surface area contributed by atoms with Crippen LogP contribution in [0.4, 0.5) is 0 Å². The van der Waals surface area contributed by atoms with E-state index in [2.05, 4.69) is 93.7 Å². The Morgan fingerprint density at radius 3 is 1.14 bits per heavy atom.